The highest BCUT2D eigenvalue weighted by Crippen LogP contribution is 2.66. The molecule has 154 valence electrons. The van der Waals surface area contributed by atoms with Crippen LogP contribution in [0.4, 0.5) is 0 Å². The van der Waals surface area contributed by atoms with Gasteiger partial charge in [-0.15, -0.1) is 0 Å². The third-order valence-electron chi connectivity index (χ3n) is 9.24. The van der Waals surface area contributed by atoms with Crippen LogP contribution in [-0.2, 0) is 14.2 Å². The summed E-state index contributed by atoms with van der Waals surface area (Å²) in [7, 11) is 0. The molecule has 3 aliphatic carbocycles. The zero-order valence-corrected chi connectivity index (χ0v) is 18.2. The maximum atomic E-state index is 6.18. The van der Waals surface area contributed by atoms with E-state index in [9.17, 15) is 0 Å². The minimum Gasteiger partial charge on any atom is -0.381 e. The second-order valence-corrected chi connectivity index (χ2v) is 12.2. The molecule has 0 aromatic carbocycles. The fourth-order valence-corrected chi connectivity index (χ4v) is 6.15. The SMILES string of the molecule is CC1(CCC2OC2(C)C)CC1CC1(C)CC1COCC1CCC2(C)OC2C1. The molecule has 0 aromatic rings. The Labute approximate surface area is 165 Å². The summed E-state index contributed by atoms with van der Waals surface area (Å²) in [6, 6.07) is 0. The first-order chi connectivity index (χ1) is 12.6. The van der Waals surface area contributed by atoms with Crippen molar-refractivity contribution in [3.05, 3.63) is 0 Å². The molecule has 5 aliphatic rings. The van der Waals surface area contributed by atoms with E-state index in [1.807, 2.05) is 0 Å². The van der Waals surface area contributed by atoms with Crippen LogP contribution in [0.3, 0.4) is 0 Å². The maximum absolute atomic E-state index is 6.18. The lowest BCUT2D eigenvalue weighted by atomic mass is 9.83. The smallest absolute Gasteiger partial charge is 0.0920 e. The molecule has 3 heteroatoms. The first-order valence-corrected chi connectivity index (χ1v) is 11.6. The lowest BCUT2D eigenvalue weighted by molar-refractivity contribution is 0.0715. The Morgan fingerprint density at radius 1 is 0.926 bits per heavy atom. The van der Waals surface area contributed by atoms with Crippen LogP contribution in [0.1, 0.15) is 86.0 Å². The van der Waals surface area contributed by atoms with Gasteiger partial charge in [0.1, 0.15) is 0 Å². The van der Waals surface area contributed by atoms with E-state index in [2.05, 4.69) is 34.6 Å². The molecule has 2 heterocycles. The van der Waals surface area contributed by atoms with Crippen molar-refractivity contribution in [1.29, 1.82) is 0 Å². The average Bonchev–Trinajstić information content (AvgIpc) is 3.51. The Hall–Kier alpha value is -0.120. The molecule has 0 bridgehead atoms. The third kappa shape index (κ3) is 3.73. The Morgan fingerprint density at radius 2 is 1.67 bits per heavy atom. The largest absolute Gasteiger partial charge is 0.381 e. The van der Waals surface area contributed by atoms with Crippen LogP contribution in [0.5, 0.6) is 0 Å². The van der Waals surface area contributed by atoms with E-state index in [4.69, 9.17) is 14.2 Å². The van der Waals surface area contributed by atoms with Crippen LogP contribution in [0.2, 0.25) is 0 Å². The van der Waals surface area contributed by atoms with Gasteiger partial charge in [-0.3, -0.25) is 0 Å². The molecular weight excluding hydrogens is 336 g/mol. The Balaban J connectivity index is 0.986. The summed E-state index contributed by atoms with van der Waals surface area (Å²) in [6.45, 7) is 13.7. The molecule has 0 amide bonds. The normalized spacial score (nSPS) is 54.3. The first kappa shape index (κ1) is 18.9. The standard InChI is InChI=1S/C24H40O3/c1-21(2)19(26-21)7-8-22(3)11-17(22)12-23(4)13-18(23)15-25-14-16-6-9-24(5)20(10-16)27-24/h16-20H,6-15H2,1-5H3. The molecule has 0 N–H and O–H groups in total. The highest BCUT2D eigenvalue weighted by Gasteiger charge is 2.59. The van der Waals surface area contributed by atoms with Crippen molar-refractivity contribution < 1.29 is 14.2 Å². The van der Waals surface area contributed by atoms with Crippen molar-refractivity contribution in [2.45, 2.75) is 109 Å². The summed E-state index contributed by atoms with van der Waals surface area (Å²) in [5.41, 5.74) is 1.55. The molecule has 0 aromatic heterocycles. The molecule has 0 radical (unpaired) electrons. The molecule has 2 saturated heterocycles. The molecule has 8 unspecified atom stereocenters. The van der Waals surface area contributed by atoms with E-state index < -0.39 is 0 Å². The highest BCUT2D eigenvalue weighted by molar-refractivity contribution is 5.09. The van der Waals surface area contributed by atoms with Crippen LogP contribution in [-0.4, -0.2) is 36.6 Å². The summed E-state index contributed by atoms with van der Waals surface area (Å²) >= 11 is 0. The van der Waals surface area contributed by atoms with Gasteiger partial charge >= 0.3 is 0 Å². The number of hydrogen-bond donors (Lipinski definition) is 0. The van der Waals surface area contributed by atoms with Crippen molar-refractivity contribution in [1.82, 2.24) is 0 Å². The van der Waals surface area contributed by atoms with Gasteiger partial charge in [-0.1, -0.05) is 13.8 Å². The molecule has 27 heavy (non-hydrogen) atoms. The van der Waals surface area contributed by atoms with Gasteiger partial charge in [0.2, 0.25) is 0 Å². The maximum Gasteiger partial charge on any atom is 0.0920 e. The lowest BCUT2D eigenvalue weighted by Crippen LogP contribution is -2.24. The van der Waals surface area contributed by atoms with Gasteiger partial charge in [-0.05, 0) is 101 Å². The average molecular weight is 377 g/mol. The monoisotopic (exact) mass is 376 g/mol. The molecule has 3 saturated carbocycles. The molecule has 3 nitrogen and oxygen atoms in total. The van der Waals surface area contributed by atoms with E-state index in [0.717, 1.165) is 31.0 Å². The second-order valence-electron chi connectivity index (χ2n) is 12.2. The summed E-state index contributed by atoms with van der Waals surface area (Å²) < 4.78 is 17.8. The summed E-state index contributed by atoms with van der Waals surface area (Å²) in [4.78, 5) is 0. The van der Waals surface area contributed by atoms with E-state index in [1.165, 1.54) is 51.4 Å². The molecule has 5 fully saturated rings. The molecular formula is C24H40O3. The fraction of sp³-hybridized carbons (Fsp3) is 1.00. The second kappa shape index (κ2) is 5.95. The van der Waals surface area contributed by atoms with E-state index in [-0.39, 0.29) is 11.2 Å². The Kier molecular flexibility index (Phi) is 4.16. The number of fused-ring (bicyclic) bond motifs is 1. The van der Waals surface area contributed by atoms with Crippen LogP contribution >= 0.6 is 0 Å². The van der Waals surface area contributed by atoms with Crippen LogP contribution < -0.4 is 0 Å². The Bertz CT molecular complexity index is 602. The van der Waals surface area contributed by atoms with E-state index in [1.54, 1.807) is 0 Å². The zero-order valence-electron chi connectivity index (χ0n) is 18.2. The van der Waals surface area contributed by atoms with Crippen molar-refractivity contribution in [3.63, 3.8) is 0 Å². The van der Waals surface area contributed by atoms with Crippen LogP contribution in [0, 0.1) is 28.6 Å². The van der Waals surface area contributed by atoms with Gasteiger partial charge in [0.25, 0.3) is 0 Å². The Morgan fingerprint density at radius 3 is 2.37 bits per heavy atom. The number of hydrogen-bond acceptors (Lipinski definition) is 3. The summed E-state index contributed by atoms with van der Waals surface area (Å²) in [6.07, 6.45) is 11.6. The predicted molar refractivity (Wildman–Crippen MR) is 107 cm³/mol. The minimum absolute atomic E-state index is 0.161. The van der Waals surface area contributed by atoms with Crippen molar-refractivity contribution in [2.75, 3.05) is 13.2 Å². The first-order valence-electron chi connectivity index (χ1n) is 11.6. The minimum atomic E-state index is 0.161. The van der Waals surface area contributed by atoms with Gasteiger partial charge in [0.05, 0.1) is 23.4 Å². The van der Waals surface area contributed by atoms with Gasteiger partial charge < -0.3 is 14.2 Å². The van der Waals surface area contributed by atoms with E-state index >= 15 is 0 Å². The van der Waals surface area contributed by atoms with Crippen molar-refractivity contribution in [3.8, 4) is 0 Å². The number of ether oxygens (including phenoxy) is 3. The molecule has 2 aliphatic heterocycles. The van der Waals surface area contributed by atoms with Crippen LogP contribution in [0.15, 0.2) is 0 Å². The van der Waals surface area contributed by atoms with Gasteiger partial charge in [0.15, 0.2) is 0 Å². The van der Waals surface area contributed by atoms with Gasteiger partial charge in [-0.2, -0.15) is 0 Å². The summed E-state index contributed by atoms with van der Waals surface area (Å²) in [5, 5.41) is 0. The van der Waals surface area contributed by atoms with E-state index in [0.29, 0.717) is 23.0 Å². The third-order valence-corrected chi connectivity index (χ3v) is 9.24. The van der Waals surface area contributed by atoms with Gasteiger partial charge in [-0.25, -0.2) is 0 Å². The highest BCUT2D eigenvalue weighted by atomic mass is 16.6. The zero-order chi connectivity index (χ0) is 19.1. The fourth-order valence-electron chi connectivity index (χ4n) is 6.15. The number of epoxide rings is 2. The lowest BCUT2D eigenvalue weighted by Gasteiger charge is -2.22. The molecule has 8 atom stereocenters. The molecule has 5 rings (SSSR count). The van der Waals surface area contributed by atoms with Crippen LogP contribution in [0.25, 0.3) is 0 Å². The van der Waals surface area contributed by atoms with Crippen molar-refractivity contribution in [2.24, 2.45) is 28.6 Å². The predicted octanol–water partition coefficient (Wildman–Crippen LogP) is 5.36. The molecule has 0 spiro atoms. The number of rotatable bonds is 9. The van der Waals surface area contributed by atoms with Gasteiger partial charge in [0, 0.05) is 13.2 Å². The summed E-state index contributed by atoms with van der Waals surface area (Å²) in [5.74, 6) is 2.48. The van der Waals surface area contributed by atoms with Crippen molar-refractivity contribution >= 4 is 0 Å². The topological polar surface area (TPSA) is 34.3 Å². The quantitative estimate of drug-likeness (QED) is 0.508.